The maximum absolute atomic E-state index is 13.1. The number of halogens is 4. The Bertz CT molecular complexity index is 413. The molecule has 5 heteroatoms. The smallest absolute Gasteiger partial charge is 0.393 e. The maximum Gasteiger partial charge on any atom is 0.419 e. The normalized spacial score (nSPS) is 25.2. The Morgan fingerprint density at radius 3 is 2.41 bits per heavy atom. The van der Waals surface area contributed by atoms with Crippen molar-refractivity contribution in [2.24, 2.45) is 0 Å². The van der Waals surface area contributed by atoms with Gasteiger partial charge in [-0.3, -0.25) is 0 Å². The highest BCUT2D eigenvalue weighted by Crippen LogP contribution is 2.38. The van der Waals surface area contributed by atoms with Crippen LogP contribution in [0.2, 0.25) is 0 Å². The Hall–Kier alpha value is -1.10. The van der Waals surface area contributed by atoms with Crippen LogP contribution in [-0.4, -0.2) is 11.2 Å². The molecule has 1 fully saturated rings. The molecular weight excluding hydrogens is 236 g/mol. The van der Waals surface area contributed by atoms with Crippen molar-refractivity contribution in [3.05, 3.63) is 35.1 Å². The Labute approximate surface area is 96.1 Å². The van der Waals surface area contributed by atoms with Gasteiger partial charge in [0.15, 0.2) is 0 Å². The lowest BCUT2D eigenvalue weighted by molar-refractivity contribution is -0.140. The summed E-state index contributed by atoms with van der Waals surface area (Å²) >= 11 is 0. The third-order valence-corrected chi connectivity index (χ3v) is 3.17. The summed E-state index contributed by atoms with van der Waals surface area (Å²) in [5.74, 6) is -1.36. The molecule has 0 saturated heterocycles. The Balaban J connectivity index is 2.31. The zero-order chi connectivity index (χ0) is 12.6. The van der Waals surface area contributed by atoms with E-state index in [0.717, 1.165) is 12.1 Å². The number of hydrogen-bond donors (Lipinski definition) is 1. The number of rotatable bonds is 1. The van der Waals surface area contributed by atoms with E-state index in [0.29, 0.717) is 24.8 Å². The van der Waals surface area contributed by atoms with Crippen molar-refractivity contribution in [1.29, 1.82) is 0 Å². The average molecular weight is 248 g/mol. The fourth-order valence-corrected chi connectivity index (χ4v) is 2.27. The molecule has 0 aliphatic heterocycles. The minimum absolute atomic E-state index is 0.105. The van der Waals surface area contributed by atoms with Gasteiger partial charge in [-0.2, -0.15) is 13.2 Å². The molecule has 0 radical (unpaired) electrons. The van der Waals surface area contributed by atoms with E-state index in [1.807, 2.05) is 0 Å². The number of alkyl halides is 3. The van der Waals surface area contributed by atoms with Gasteiger partial charge in [-0.25, -0.2) is 4.39 Å². The van der Waals surface area contributed by atoms with Crippen molar-refractivity contribution < 1.29 is 22.7 Å². The Kier molecular flexibility index (Phi) is 3.12. The van der Waals surface area contributed by atoms with Crippen molar-refractivity contribution in [2.45, 2.75) is 37.5 Å². The first-order valence-corrected chi connectivity index (χ1v) is 5.42. The first-order valence-electron chi connectivity index (χ1n) is 5.42. The van der Waals surface area contributed by atoms with E-state index in [1.165, 1.54) is 6.07 Å². The van der Waals surface area contributed by atoms with Gasteiger partial charge in [-0.05, 0) is 42.9 Å². The van der Waals surface area contributed by atoms with Crippen LogP contribution in [0, 0.1) is 5.82 Å². The van der Waals surface area contributed by atoms with Crippen LogP contribution in [0.15, 0.2) is 18.2 Å². The van der Waals surface area contributed by atoms with Gasteiger partial charge in [0.25, 0.3) is 0 Å². The van der Waals surface area contributed by atoms with E-state index in [-0.39, 0.29) is 5.92 Å². The molecule has 94 valence electrons. The largest absolute Gasteiger partial charge is 0.419 e. The van der Waals surface area contributed by atoms with Gasteiger partial charge in [-0.15, -0.1) is 0 Å². The molecule has 2 unspecified atom stereocenters. The Morgan fingerprint density at radius 2 is 1.88 bits per heavy atom. The lowest BCUT2D eigenvalue weighted by Gasteiger charge is -2.14. The van der Waals surface area contributed by atoms with Gasteiger partial charge in [0, 0.05) is 0 Å². The van der Waals surface area contributed by atoms with Crippen LogP contribution in [0.1, 0.15) is 36.3 Å². The SMILES string of the molecule is OC1CCC(c2ccc(F)c(C(F)(F)F)c2)C1. The molecule has 1 aromatic carbocycles. The third kappa shape index (κ3) is 2.60. The van der Waals surface area contributed by atoms with Crippen molar-refractivity contribution in [3.8, 4) is 0 Å². The molecule has 1 aromatic rings. The fraction of sp³-hybridized carbons (Fsp3) is 0.500. The van der Waals surface area contributed by atoms with Gasteiger partial charge >= 0.3 is 6.18 Å². The summed E-state index contributed by atoms with van der Waals surface area (Å²) in [6.07, 6.45) is -3.45. The minimum Gasteiger partial charge on any atom is -0.393 e. The van der Waals surface area contributed by atoms with E-state index < -0.39 is 23.7 Å². The average Bonchev–Trinajstić information content (AvgIpc) is 2.64. The molecule has 1 nitrogen and oxygen atoms in total. The van der Waals surface area contributed by atoms with Crippen LogP contribution in [0.4, 0.5) is 17.6 Å². The standard InChI is InChI=1S/C12H12F4O/c13-11-4-2-8(6-10(11)12(14,15)16)7-1-3-9(17)5-7/h2,4,6-7,9,17H,1,3,5H2. The second-order valence-electron chi connectivity index (χ2n) is 4.40. The fourth-order valence-electron chi connectivity index (χ4n) is 2.27. The van der Waals surface area contributed by atoms with Gasteiger partial charge in [0.1, 0.15) is 5.82 Å². The lowest BCUT2D eigenvalue weighted by Crippen LogP contribution is -2.09. The highest BCUT2D eigenvalue weighted by atomic mass is 19.4. The topological polar surface area (TPSA) is 20.2 Å². The number of aliphatic hydroxyl groups is 1. The second-order valence-corrected chi connectivity index (χ2v) is 4.40. The number of aliphatic hydroxyl groups excluding tert-OH is 1. The quantitative estimate of drug-likeness (QED) is 0.754. The first kappa shape index (κ1) is 12.4. The molecule has 0 bridgehead atoms. The van der Waals surface area contributed by atoms with E-state index >= 15 is 0 Å². The summed E-state index contributed by atoms with van der Waals surface area (Å²) in [7, 11) is 0. The van der Waals surface area contributed by atoms with Crippen molar-refractivity contribution in [3.63, 3.8) is 0 Å². The number of benzene rings is 1. The predicted molar refractivity (Wildman–Crippen MR) is 54.0 cm³/mol. The summed E-state index contributed by atoms with van der Waals surface area (Å²) in [4.78, 5) is 0. The van der Waals surface area contributed by atoms with E-state index in [4.69, 9.17) is 0 Å². The summed E-state index contributed by atoms with van der Waals surface area (Å²) < 4.78 is 50.6. The van der Waals surface area contributed by atoms with Crippen molar-refractivity contribution in [2.75, 3.05) is 0 Å². The van der Waals surface area contributed by atoms with Crippen LogP contribution in [0.25, 0.3) is 0 Å². The van der Waals surface area contributed by atoms with Crippen molar-refractivity contribution in [1.82, 2.24) is 0 Å². The van der Waals surface area contributed by atoms with E-state index in [2.05, 4.69) is 0 Å². The van der Waals surface area contributed by atoms with Gasteiger partial charge in [0.2, 0.25) is 0 Å². The predicted octanol–water partition coefficient (Wildman–Crippen LogP) is 3.47. The Morgan fingerprint density at radius 1 is 1.18 bits per heavy atom. The van der Waals surface area contributed by atoms with Gasteiger partial charge < -0.3 is 5.11 Å². The molecule has 17 heavy (non-hydrogen) atoms. The van der Waals surface area contributed by atoms with Crippen LogP contribution < -0.4 is 0 Å². The van der Waals surface area contributed by atoms with E-state index in [9.17, 15) is 22.7 Å². The molecule has 1 saturated carbocycles. The summed E-state index contributed by atoms with van der Waals surface area (Å²) in [5.41, 5.74) is -0.772. The molecule has 0 heterocycles. The zero-order valence-electron chi connectivity index (χ0n) is 8.97. The van der Waals surface area contributed by atoms with Crippen LogP contribution in [0.3, 0.4) is 0 Å². The first-order chi connectivity index (χ1) is 7.88. The lowest BCUT2D eigenvalue weighted by atomic mass is 9.95. The van der Waals surface area contributed by atoms with Crippen molar-refractivity contribution >= 4 is 0 Å². The van der Waals surface area contributed by atoms with Gasteiger partial charge in [0.05, 0.1) is 11.7 Å². The van der Waals surface area contributed by atoms with Gasteiger partial charge in [-0.1, -0.05) is 6.07 Å². The zero-order valence-corrected chi connectivity index (χ0v) is 8.97. The maximum atomic E-state index is 13.1. The molecule has 1 N–H and O–H groups in total. The summed E-state index contributed by atoms with van der Waals surface area (Å²) in [6.45, 7) is 0. The second kappa shape index (κ2) is 4.29. The van der Waals surface area contributed by atoms with Crippen LogP contribution in [0.5, 0.6) is 0 Å². The molecule has 0 amide bonds. The highest BCUT2D eigenvalue weighted by Gasteiger charge is 2.35. The van der Waals surface area contributed by atoms with Crippen LogP contribution >= 0.6 is 0 Å². The molecule has 0 aromatic heterocycles. The number of hydrogen-bond acceptors (Lipinski definition) is 1. The molecule has 2 rings (SSSR count). The summed E-state index contributed by atoms with van der Waals surface area (Å²) in [5, 5.41) is 9.35. The highest BCUT2D eigenvalue weighted by molar-refractivity contribution is 5.30. The third-order valence-electron chi connectivity index (χ3n) is 3.17. The molecule has 1 aliphatic rings. The molecule has 1 aliphatic carbocycles. The minimum atomic E-state index is -4.67. The monoisotopic (exact) mass is 248 g/mol. The van der Waals surface area contributed by atoms with E-state index in [1.54, 1.807) is 0 Å². The molecular formula is C12H12F4O. The van der Waals surface area contributed by atoms with Crippen LogP contribution in [-0.2, 0) is 6.18 Å². The summed E-state index contributed by atoms with van der Waals surface area (Å²) in [6, 6.07) is 3.08. The molecule has 0 spiro atoms. The molecule has 2 atom stereocenters.